The van der Waals surface area contributed by atoms with Gasteiger partial charge in [0, 0.05) is 11.3 Å². The number of thiophene rings is 1. The summed E-state index contributed by atoms with van der Waals surface area (Å²) in [6, 6.07) is 17.9. The van der Waals surface area contributed by atoms with E-state index in [4.69, 9.17) is 0 Å². The molecule has 1 saturated carbocycles. The summed E-state index contributed by atoms with van der Waals surface area (Å²) in [6.07, 6.45) is 6.47. The normalized spacial score (nSPS) is 15.2. The van der Waals surface area contributed by atoms with Crippen molar-refractivity contribution in [3.63, 3.8) is 0 Å². The number of amides is 1. The highest BCUT2D eigenvalue weighted by molar-refractivity contribution is 7.94. The number of hydrazone groups is 1. The topological polar surface area (TPSA) is 87.6 Å². The Morgan fingerprint density at radius 3 is 2.24 bits per heavy atom. The molecular weight excluding hydrogens is 454 g/mol. The summed E-state index contributed by atoms with van der Waals surface area (Å²) >= 11 is 1.14. The third-order valence-corrected chi connectivity index (χ3v) is 8.67. The Hall–Kier alpha value is -2.97. The molecular formula is C25H27N3O3S2. The smallest absolute Gasteiger partial charge is 0.271 e. The van der Waals surface area contributed by atoms with Gasteiger partial charge >= 0.3 is 0 Å². The van der Waals surface area contributed by atoms with Crippen molar-refractivity contribution in [1.82, 2.24) is 5.43 Å². The van der Waals surface area contributed by atoms with Crippen LogP contribution in [0.25, 0.3) is 0 Å². The Kier molecular flexibility index (Phi) is 7.25. The largest absolute Gasteiger partial charge is 0.279 e. The predicted octanol–water partition coefficient (Wildman–Crippen LogP) is 5.75. The van der Waals surface area contributed by atoms with Gasteiger partial charge in [-0.1, -0.05) is 49.6 Å². The van der Waals surface area contributed by atoms with Crippen LogP contribution < -0.4 is 10.1 Å². The van der Waals surface area contributed by atoms with Crippen LogP contribution in [-0.2, 0) is 10.0 Å². The van der Waals surface area contributed by atoms with Crippen LogP contribution in [0.3, 0.4) is 0 Å². The second kappa shape index (κ2) is 10.3. The van der Waals surface area contributed by atoms with Crippen molar-refractivity contribution in [2.45, 2.75) is 49.2 Å². The van der Waals surface area contributed by atoms with Gasteiger partial charge in [-0.15, -0.1) is 11.3 Å². The number of rotatable bonds is 7. The van der Waals surface area contributed by atoms with Crippen LogP contribution >= 0.6 is 11.3 Å². The van der Waals surface area contributed by atoms with Gasteiger partial charge in [-0.2, -0.15) is 5.10 Å². The van der Waals surface area contributed by atoms with Crippen molar-refractivity contribution in [3.8, 4) is 0 Å². The molecule has 0 unspecified atom stereocenters. The molecule has 4 rings (SSSR count). The maximum atomic E-state index is 12.5. The molecule has 6 nitrogen and oxygen atoms in total. The Morgan fingerprint density at radius 1 is 0.939 bits per heavy atom. The fourth-order valence-electron chi connectivity index (χ4n) is 4.01. The Morgan fingerprint density at radius 2 is 1.61 bits per heavy atom. The van der Waals surface area contributed by atoms with E-state index in [1.807, 2.05) is 6.92 Å². The highest BCUT2D eigenvalue weighted by atomic mass is 32.2. The third kappa shape index (κ3) is 5.89. The molecule has 0 radical (unpaired) electrons. The van der Waals surface area contributed by atoms with E-state index in [1.54, 1.807) is 41.8 Å². The first-order valence-corrected chi connectivity index (χ1v) is 13.4. The van der Waals surface area contributed by atoms with Gasteiger partial charge in [0.05, 0.1) is 5.71 Å². The zero-order valence-corrected chi connectivity index (χ0v) is 20.1. The van der Waals surface area contributed by atoms with E-state index >= 15 is 0 Å². The van der Waals surface area contributed by atoms with Crippen LogP contribution in [0.15, 0.2) is 75.4 Å². The third-order valence-electron chi connectivity index (χ3n) is 5.89. The molecule has 0 saturated heterocycles. The van der Waals surface area contributed by atoms with Gasteiger partial charge in [-0.05, 0) is 72.5 Å². The van der Waals surface area contributed by atoms with Crippen LogP contribution in [-0.4, -0.2) is 20.0 Å². The zero-order chi connectivity index (χ0) is 23.3. The summed E-state index contributed by atoms with van der Waals surface area (Å²) in [5.74, 6) is 0.295. The molecule has 33 heavy (non-hydrogen) atoms. The van der Waals surface area contributed by atoms with E-state index in [-0.39, 0.29) is 10.1 Å². The zero-order valence-electron chi connectivity index (χ0n) is 18.5. The Bertz CT molecular complexity index is 1210. The Balaban J connectivity index is 1.35. The van der Waals surface area contributed by atoms with Crippen molar-refractivity contribution in [2.24, 2.45) is 5.10 Å². The standard InChI is InChI=1S/C25H27N3O3S2/c1-18(19-9-11-21(12-10-19)20-6-3-2-4-7-20)26-27-25(29)22-13-15-23(16-14-22)28-33(30,31)24-8-5-17-32-24/h5,8-17,20,28H,2-4,6-7H2,1H3,(H,27,29)/b26-18+. The van der Waals surface area contributed by atoms with Gasteiger partial charge in [0.15, 0.2) is 0 Å². The number of carbonyl (C=O) groups is 1. The number of nitrogens with zero attached hydrogens (tertiary/aromatic N) is 1. The van der Waals surface area contributed by atoms with Crippen molar-refractivity contribution >= 4 is 38.7 Å². The molecule has 8 heteroatoms. The maximum absolute atomic E-state index is 12.5. The summed E-state index contributed by atoms with van der Waals surface area (Å²) < 4.78 is 27.4. The number of nitrogens with one attached hydrogen (secondary N) is 2. The molecule has 1 aromatic heterocycles. The lowest BCUT2D eigenvalue weighted by Crippen LogP contribution is -2.19. The summed E-state index contributed by atoms with van der Waals surface area (Å²) in [7, 11) is -3.62. The molecule has 1 aliphatic carbocycles. The monoisotopic (exact) mass is 481 g/mol. The summed E-state index contributed by atoms with van der Waals surface area (Å²) in [5.41, 5.74) is 6.42. The maximum Gasteiger partial charge on any atom is 0.271 e. The van der Waals surface area contributed by atoms with Crippen molar-refractivity contribution in [2.75, 3.05) is 4.72 Å². The summed E-state index contributed by atoms with van der Waals surface area (Å²) in [6.45, 7) is 1.86. The molecule has 1 heterocycles. The average Bonchev–Trinajstić information content (AvgIpc) is 3.40. The minimum absolute atomic E-state index is 0.237. The van der Waals surface area contributed by atoms with E-state index in [9.17, 15) is 13.2 Å². The first kappa shape index (κ1) is 23.2. The van der Waals surface area contributed by atoms with Gasteiger partial charge in [-0.25, -0.2) is 13.8 Å². The minimum atomic E-state index is -3.62. The first-order valence-electron chi connectivity index (χ1n) is 11.0. The van der Waals surface area contributed by atoms with Crippen LogP contribution in [0, 0.1) is 0 Å². The lowest BCUT2D eigenvalue weighted by atomic mass is 9.84. The molecule has 2 aromatic carbocycles. The second-order valence-corrected chi connectivity index (χ2v) is 11.1. The number of hydrogen-bond acceptors (Lipinski definition) is 5. The molecule has 0 spiro atoms. The molecule has 0 aliphatic heterocycles. The van der Waals surface area contributed by atoms with E-state index < -0.39 is 10.0 Å². The average molecular weight is 482 g/mol. The molecule has 0 bridgehead atoms. The highest BCUT2D eigenvalue weighted by Gasteiger charge is 2.16. The molecule has 2 N–H and O–H groups in total. The summed E-state index contributed by atoms with van der Waals surface area (Å²) in [5, 5.41) is 5.94. The highest BCUT2D eigenvalue weighted by Crippen LogP contribution is 2.32. The van der Waals surface area contributed by atoms with E-state index in [2.05, 4.69) is 39.5 Å². The SMILES string of the molecule is C/C(=N\NC(=O)c1ccc(NS(=O)(=O)c2cccs2)cc1)c1ccc(C2CCCCC2)cc1. The second-order valence-electron chi connectivity index (χ2n) is 8.21. The van der Waals surface area contributed by atoms with Gasteiger partial charge < -0.3 is 0 Å². The van der Waals surface area contributed by atoms with E-state index in [1.165, 1.54) is 37.7 Å². The predicted molar refractivity (Wildman–Crippen MR) is 134 cm³/mol. The van der Waals surface area contributed by atoms with Crippen LogP contribution in [0.4, 0.5) is 5.69 Å². The van der Waals surface area contributed by atoms with Crippen LogP contribution in [0.1, 0.15) is 66.4 Å². The fraction of sp³-hybridized carbons (Fsp3) is 0.280. The Labute approximate surface area is 198 Å². The van der Waals surface area contributed by atoms with Crippen molar-refractivity contribution < 1.29 is 13.2 Å². The molecule has 1 aliphatic rings. The molecule has 3 aromatic rings. The van der Waals surface area contributed by atoms with Crippen LogP contribution in [0.5, 0.6) is 0 Å². The molecule has 172 valence electrons. The summed E-state index contributed by atoms with van der Waals surface area (Å²) in [4.78, 5) is 12.5. The number of sulfonamides is 1. The number of anilines is 1. The van der Waals surface area contributed by atoms with E-state index in [0.717, 1.165) is 22.6 Å². The number of benzene rings is 2. The van der Waals surface area contributed by atoms with Gasteiger partial charge in [0.1, 0.15) is 4.21 Å². The van der Waals surface area contributed by atoms with Crippen molar-refractivity contribution in [1.29, 1.82) is 0 Å². The molecule has 0 atom stereocenters. The van der Waals surface area contributed by atoms with E-state index in [0.29, 0.717) is 17.2 Å². The lowest BCUT2D eigenvalue weighted by molar-refractivity contribution is 0.0955. The molecule has 1 amide bonds. The quantitative estimate of drug-likeness (QED) is 0.333. The molecule has 1 fully saturated rings. The first-order chi connectivity index (χ1) is 15.9. The minimum Gasteiger partial charge on any atom is -0.279 e. The number of carbonyl (C=O) groups excluding carboxylic acids is 1. The number of hydrogen-bond donors (Lipinski definition) is 2. The fourth-order valence-corrected chi connectivity index (χ4v) is 6.06. The van der Waals surface area contributed by atoms with Crippen LogP contribution in [0.2, 0.25) is 0 Å². The van der Waals surface area contributed by atoms with Gasteiger partial charge in [0.2, 0.25) is 0 Å². The lowest BCUT2D eigenvalue weighted by Gasteiger charge is -2.22. The van der Waals surface area contributed by atoms with Crippen molar-refractivity contribution in [3.05, 3.63) is 82.7 Å². The van der Waals surface area contributed by atoms with Gasteiger partial charge in [0.25, 0.3) is 15.9 Å². The van der Waals surface area contributed by atoms with Gasteiger partial charge in [-0.3, -0.25) is 9.52 Å².